The van der Waals surface area contributed by atoms with Crippen molar-refractivity contribution >= 4 is 11.7 Å². The highest BCUT2D eigenvalue weighted by Crippen LogP contribution is 2.52. The first kappa shape index (κ1) is 13.5. The zero-order valence-corrected chi connectivity index (χ0v) is 13.1. The molecule has 0 radical (unpaired) electrons. The summed E-state index contributed by atoms with van der Waals surface area (Å²) >= 11 is 0. The summed E-state index contributed by atoms with van der Waals surface area (Å²) < 4.78 is 16.4. The van der Waals surface area contributed by atoms with E-state index in [0.29, 0.717) is 17.1 Å². The van der Waals surface area contributed by atoms with Crippen molar-refractivity contribution in [2.24, 2.45) is 0 Å². The molecule has 1 N–H and O–H groups in total. The SMILES string of the molecule is CC1(c2ccccc2)C2=C(COC2=O)Nc2cc3c(cc21)OCO3. The predicted molar refractivity (Wildman–Crippen MR) is 87.1 cm³/mol. The number of carbonyl (C=O) groups excluding carboxylic acids is 1. The van der Waals surface area contributed by atoms with Gasteiger partial charge in [0, 0.05) is 11.8 Å². The minimum absolute atomic E-state index is 0.218. The Balaban J connectivity index is 1.81. The molecule has 0 aliphatic carbocycles. The van der Waals surface area contributed by atoms with Gasteiger partial charge in [-0.15, -0.1) is 0 Å². The Bertz CT molecular complexity index is 903. The first-order valence-corrected chi connectivity index (χ1v) is 7.85. The van der Waals surface area contributed by atoms with Crippen LogP contribution in [0.15, 0.2) is 53.7 Å². The van der Waals surface area contributed by atoms with Crippen LogP contribution in [0.3, 0.4) is 0 Å². The van der Waals surface area contributed by atoms with E-state index in [1.54, 1.807) is 0 Å². The minimum atomic E-state index is -0.605. The highest BCUT2D eigenvalue weighted by Gasteiger charge is 2.47. The summed E-state index contributed by atoms with van der Waals surface area (Å²) in [4.78, 5) is 12.5. The van der Waals surface area contributed by atoms with Crippen molar-refractivity contribution in [2.45, 2.75) is 12.3 Å². The summed E-state index contributed by atoms with van der Waals surface area (Å²) in [6.07, 6.45) is 0. The van der Waals surface area contributed by atoms with Crippen molar-refractivity contribution in [1.29, 1.82) is 0 Å². The van der Waals surface area contributed by atoms with E-state index in [4.69, 9.17) is 14.2 Å². The second-order valence-electron chi connectivity index (χ2n) is 6.30. The molecule has 3 heterocycles. The Morgan fingerprint density at radius 2 is 1.79 bits per heavy atom. The van der Waals surface area contributed by atoms with Gasteiger partial charge in [-0.1, -0.05) is 30.3 Å². The van der Waals surface area contributed by atoms with E-state index >= 15 is 0 Å². The Morgan fingerprint density at radius 1 is 1.04 bits per heavy atom. The maximum absolute atomic E-state index is 12.5. The molecule has 0 aromatic heterocycles. The van der Waals surface area contributed by atoms with Crippen LogP contribution in [0.2, 0.25) is 0 Å². The molecule has 0 amide bonds. The number of rotatable bonds is 1. The standard InChI is InChI=1S/C19H15NO4/c1-19(11-5-3-2-4-6-11)12-7-15-16(24-10-23-15)8-13(12)20-14-9-22-18(21)17(14)19/h2-8,20H,9-10H2,1H3. The van der Waals surface area contributed by atoms with Crippen molar-refractivity contribution in [3.63, 3.8) is 0 Å². The van der Waals surface area contributed by atoms with E-state index in [2.05, 4.69) is 12.2 Å². The van der Waals surface area contributed by atoms with E-state index in [9.17, 15) is 4.79 Å². The molecule has 3 aliphatic rings. The molecule has 5 heteroatoms. The summed E-state index contributed by atoms with van der Waals surface area (Å²) in [6.45, 7) is 2.55. The molecule has 0 bridgehead atoms. The second-order valence-corrected chi connectivity index (χ2v) is 6.30. The van der Waals surface area contributed by atoms with E-state index in [0.717, 1.165) is 22.5 Å². The van der Waals surface area contributed by atoms with Crippen molar-refractivity contribution < 1.29 is 19.0 Å². The number of nitrogens with one attached hydrogen (secondary N) is 1. The Morgan fingerprint density at radius 3 is 2.58 bits per heavy atom. The van der Waals surface area contributed by atoms with Gasteiger partial charge in [-0.3, -0.25) is 0 Å². The van der Waals surface area contributed by atoms with Crippen LogP contribution in [0.25, 0.3) is 0 Å². The highest BCUT2D eigenvalue weighted by molar-refractivity contribution is 5.99. The third kappa shape index (κ3) is 1.61. The molecule has 120 valence electrons. The zero-order chi connectivity index (χ0) is 16.3. The molecular weight excluding hydrogens is 306 g/mol. The van der Waals surface area contributed by atoms with Gasteiger partial charge >= 0.3 is 5.97 Å². The maximum atomic E-state index is 12.5. The summed E-state index contributed by atoms with van der Waals surface area (Å²) in [5.74, 6) is 1.14. The fourth-order valence-electron chi connectivity index (χ4n) is 3.84. The molecular formula is C19H15NO4. The van der Waals surface area contributed by atoms with E-state index in [1.807, 2.05) is 42.5 Å². The van der Waals surface area contributed by atoms with Gasteiger partial charge in [-0.25, -0.2) is 4.79 Å². The Labute approximate surface area is 138 Å². The van der Waals surface area contributed by atoms with E-state index in [1.165, 1.54) is 0 Å². The number of cyclic esters (lactones) is 1. The summed E-state index contributed by atoms with van der Waals surface area (Å²) in [6, 6.07) is 13.9. The number of ether oxygens (including phenoxy) is 3. The first-order valence-electron chi connectivity index (χ1n) is 7.85. The number of carbonyl (C=O) groups is 1. The number of hydrogen-bond acceptors (Lipinski definition) is 5. The molecule has 2 aromatic rings. The van der Waals surface area contributed by atoms with Gasteiger partial charge < -0.3 is 19.5 Å². The molecule has 0 saturated carbocycles. The van der Waals surface area contributed by atoms with Crippen LogP contribution in [-0.2, 0) is 14.9 Å². The molecule has 3 aliphatic heterocycles. The average Bonchev–Trinajstić information content (AvgIpc) is 3.21. The van der Waals surface area contributed by atoms with E-state index in [-0.39, 0.29) is 19.4 Å². The lowest BCUT2D eigenvalue weighted by Crippen LogP contribution is -2.34. The number of esters is 1. The largest absolute Gasteiger partial charge is 0.456 e. The lowest BCUT2D eigenvalue weighted by molar-refractivity contribution is -0.136. The Hall–Kier alpha value is -2.95. The van der Waals surface area contributed by atoms with Crippen LogP contribution in [-0.4, -0.2) is 19.4 Å². The monoisotopic (exact) mass is 321 g/mol. The third-order valence-electron chi connectivity index (χ3n) is 5.04. The molecule has 0 fully saturated rings. The number of anilines is 1. The van der Waals surface area contributed by atoms with Crippen LogP contribution >= 0.6 is 0 Å². The summed E-state index contributed by atoms with van der Waals surface area (Å²) in [5.41, 5.74) is 3.82. The van der Waals surface area contributed by atoms with Crippen molar-refractivity contribution in [3.05, 3.63) is 64.9 Å². The van der Waals surface area contributed by atoms with Gasteiger partial charge in [0.05, 0.1) is 16.7 Å². The lowest BCUT2D eigenvalue weighted by Gasteiger charge is -2.37. The van der Waals surface area contributed by atoms with Gasteiger partial charge in [0.25, 0.3) is 0 Å². The van der Waals surface area contributed by atoms with E-state index < -0.39 is 5.41 Å². The quantitative estimate of drug-likeness (QED) is 0.819. The average molecular weight is 321 g/mol. The molecule has 1 unspecified atom stereocenters. The topological polar surface area (TPSA) is 56.8 Å². The van der Waals surface area contributed by atoms with Crippen LogP contribution in [0.1, 0.15) is 18.1 Å². The third-order valence-corrected chi connectivity index (χ3v) is 5.04. The van der Waals surface area contributed by atoms with Gasteiger partial charge in [0.2, 0.25) is 6.79 Å². The minimum Gasteiger partial charge on any atom is -0.456 e. The first-order chi connectivity index (χ1) is 11.7. The van der Waals surface area contributed by atoms with Gasteiger partial charge in [-0.2, -0.15) is 0 Å². The second kappa shape index (κ2) is 4.54. The van der Waals surface area contributed by atoms with Crippen LogP contribution in [0, 0.1) is 0 Å². The maximum Gasteiger partial charge on any atom is 0.337 e. The van der Waals surface area contributed by atoms with Gasteiger partial charge in [-0.05, 0) is 24.1 Å². The van der Waals surface area contributed by atoms with Crippen molar-refractivity contribution in [3.8, 4) is 11.5 Å². The lowest BCUT2D eigenvalue weighted by atomic mass is 9.68. The highest BCUT2D eigenvalue weighted by atomic mass is 16.7. The number of hydrogen-bond donors (Lipinski definition) is 1. The number of fused-ring (bicyclic) bond motifs is 2. The molecule has 2 aromatic carbocycles. The van der Waals surface area contributed by atoms with Crippen LogP contribution in [0.5, 0.6) is 11.5 Å². The Kier molecular flexibility index (Phi) is 2.55. The predicted octanol–water partition coefficient (Wildman–Crippen LogP) is 2.96. The zero-order valence-electron chi connectivity index (χ0n) is 13.1. The normalized spacial score (nSPS) is 23.5. The molecule has 0 saturated heterocycles. The molecule has 5 rings (SSSR count). The molecule has 24 heavy (non-hydrogen) atoms. The van der Waals surface area contributed by atoms with Crippen molar-refractivity contribution in [2.75, 3.05) is 18.7 Å². The van der Waals surface area contributed by atoms with Gasteiger partial charge in [0.15, 0.2) is 11.5 Å². The molecule has 5 nitrogen and oxygen atoms in total. The molecule has 0 spiro atoms. The van der Waals surface area contributed by atoms with Crippen LogP contribution in [0.4, 0.5) is 5.69 Å². The fourth-order valence-corrected chi connectivity index (χ4v) is 3.84. The smallest absolute Gasteiger partial charge is 0.337 e. The summed E-state index contributed by atoms with van der Waals surface area (Å²) in [5, 5.41) is 3.34. The fraction of sp³-hybridized carbons (Fsp3) is 0.211. The molecule has 1 atom stereocenters. The summed E-state index contributed by atoms with van der Waals surface area (Å²) in [7, 11) is 0. The van der Waals surface area contributed by atoms with Crippen molar-refractivity contribution in [1.82, 2.24) is 0 Å². The number of benzene rings is 2. The van der Waals surface area contributed by atoms with Gasteiger partial charge in [0.1, 0.15) is 6.61 Å². The van der Waals surface area contributed by atoms with Crippen LogP contribution < -0.4 is 14.8 Å².